The Morgan fingerprint density at radius 3 is 2.50 bits per heavy atom. The molecule has 0 aliphatic carbocycles. The molecular formula is C17H22N2O5. The average Bonchev–Trinajstić information content (AvgIpc) is 2.52. The molecule has 0 aromatic heterocycles. The minimum atomic E-state index is -0.675. The molecule has 7 nitrogen and oxygen atoms in total. The smallest absolute Gasteiger partial charge is 0.338 e. The summed E-state index contributed by atoms with van der Waals surface area (Å²) in [7, 11) is 3.07. The van der Waals surface area contributed by atoms with Crippen molar-refractivity contribution in [3.63, 3.8) is 0 Å². The number of amides is 2. The molecule has 0 bridgehead atoms. The number of allylic oxidation sites excluding steroid dienone is 1. The van der Waals surface area contributed by atoms with E-state index in [2.05, 4.69) is 10.6 Å². The molecule has 2 amide bonds. The molecule has 1 aromatic carbocycles. The molecule has 1 aromatic rings. The van der Waals surface area contributed by atoms with E-state index in [1.165, 1.54) is 7.11 Å². The van der Waals surface area contributed by atoms with E-state index in [0.717, 1.165) is 0 Å². The normalized spacial score (nSPS) is 17.2. The highest BCUT2D eigenvalue weighted by Gasteiger charge is 2.34. The van der Waals surface area contributed by atoms with Gasteiger partial charge in [0.1, 0.15) is 11.5 Å². The zero-order valence-electron chi connectivity index (χ0n) is 14.4. The van der Waals surface area contributed by atoms with Crippen molar-refractivity contribution in [3.05, 3.63) is 35.0 Å². The summed E-state index contributed by atoms with van der Waals surface area (Å²) in [4.78, 5) is 24.4. The zero-order valence-corrected chi connectivity index (χ0v) is 14.4. The van der Waals surface area contributed by atoms with Gasteiger partial charge in [-0.1, -0.05) is 0 Å². The quantitative estimate of drug-likeness (QED) is 0.807. The maximum absolute atomic E-state index is 12.5. The van der Waals surface area contributed by atoms with Crippen LogP contribution in [0.1, 0.15) is 32.4 Å². The highest BCUT2D eigenvalue weighted by atomic mass is 16.5. The number of benzene rings is 1. The number of esters is 1. The van der Waals surface area contributed by atoms with Crippen molar-refractivity contribution >= 4 is 12.0 Å². The third-order valence-corrected chi connectivity index (χ3v) is 3.58. The second-order valence-electron chi connectivity index (χ2n) is 5.63. The van der Waals surface area contributed by atoms with Gasteiger partial charge in [0.05, 0.1) is 31.9 Å². The van der Waals surface area contributed by atoms with Crippen LogP contribution >= 0.6 is 0 Å². The molecule has 0 spiro atoms. The van der Waals surface area contributed by atoms with Gasteiger partial charge in [-0.3, -0.25) is 0 Å². The van der Waals surface area contributed by atoms with Gasteiger partial charge in [0, 0.05) is 17.3 Å². The highest BCUT2D eigenvalue weighted by molar-refractivity contribution is 5.95. The molecule has 0 unspecified atom stereocenters. The summed E-state index contributed by atoms with van der Waals surface area (Å²) in [6.07, 6.45) is -0.270. The van der Waals surface area contributed by atoms with Gasteiger partial charge in [-0.2, -0.15) is 0 Å². The Morgan fingerprint density at radius 2 is 1.92 bits per heavy atom. The lowest BCUT2D eigenvalue weighted by atomic mass is 9.94. The monoisotopic (exact) mass is 334 g/mol. The Balaban J connectivity index is 2.51. The second-order valence-corrected chi connectivity index (χ2v) is 5.63. The molecule has 1 aliphatic rings. The molecule has 1 aliphatic heterocycles. The number of rotatable bonds is 5. The van der Waals surface area contributed by atoms with E-state index in [4.69, 9.17) is 14.2 Å². The standard InChI is InChI=1S/C17H22N2O5/c1-9(2)24-16(20)14-10(3)18-17(21)19-15(14)12-7-6-11(22-4)8-13(12)23-5/h6-9,15H,1-5H3,(H2,18,19,21)/t15-/m0/s1. The van der Waals surface area contributed by atoms with Crippen LogP contribution in [0.25, 0.3) is 0 Å². The third-order valence-electron chi connectivity index (χ3n) is 3.58. The number of carbonyl (C=O) groups excluding carboxylic acids is 2. The summed E-state index contributed by atoms with van der Waals surface area (Å²) < 4.78 is 15.9. The minimum Gasteiger partial charge on any atom is -0.497 e. The lowest BCUT2D eigenvalue weighted by Gasteiger charge is -2.29. The van der Waals surface area contributed by atoms with Gasteiger partial charge in [-0.25, -0.2) is 9.59 Å². The number of nitrogens with one attached hydrogen (secondary N) is 2. The van der Waals surface area contributed by atoms with Crippen LogP contribution in [0.3, 0.4) is 0 Å². The molecule has 0 fully saturated rings. The molecule has 7 heteroatoms. The van der Waals surface area contributed by atoms with Crippen LogP contribution in [-0.4, -0.2) is 32.3 Å². The predicted octanol–water partition coefficient (Wildman–Crippen LogP) is 2.28. The van der Waals surface area contributed by atoms with Crippen LogP contribution in [0.15, 0.2) is 29.5 Å². The molecule has 0 saturated heterocycles. The van der Waals surface area contributed by atoms with E-state index in [0.29, 0.717) is 28.3 Å². The van der Waals surface area contributed by atoms with E-state index in [9.17, 15) is 9.59 Å². The highest BCUT2D eigenvalue weighted by Crippen LogP contribution is 2.35. The maximum atomic E-state index is 12.5. The largest absolute Gasteiger partial charge is 0.497 e. The summed E-state index contributed by atoms with van der Waals surface area (Å²) in [6.45, 7) is 5.20. The van der Waals surface area contributed by atoms with Gasteiger partial charge in [-0.05, 0) is 32.9 Å². The molecule has 2 N–H and O–H groups in total. The molecule has 1 atom stereocenters. The molecule has 130 valence electrons. The average molecular weight is 334 g/mol. The zero-order chi connectivity index (χ0) is 17.9. The van der Waals surface area contributed by atoms with Crippen molar-refractivity contribution in [2.75, 3.05) is 14.2 Å². The maximum Gasteiger partial charge on any atom is 0.338 e. The fourth-order valence-electron chi connectivity index (χ4n) is 2.53. The number of hydrogen-bond acceptors (Lipinski definition) is 5. The fourth-order valence-corrected chi connectivity index (χ4v) is 2.53. The van der Waals surface area contributed by atoms with E-state index in [1.54, 1.807) is 46.1 Å². The summed E-state index contributed by atoms with van der Waals surface area (Å²) in [5.74, 6) is 0.630. The van der Waals surface area contributed by atoms with Crippen molar-refractivity contribution in [2.24, 2.45) is 0 Å². The molecular weight excluding hydrogens is 312 g/mol. The van der Waals surface area contributed by atoms with E-state index in [1.807, 2.05) is 0 Å². The van der Waals surface area contributed by atoms with Gasteiger partial charge < -0.3 is 24.8 Å². The molecule has 1 heterocycles. The van der Waals surface area contributed by atoms with Crippen LogP contribution in [0.2, 0.25) is 0 Å². The first-order chi connectivity index (χ1) is 11.4. The van der Waals surface area contributed by atoms with Gasteiger partial charge in [0.25, 0.3) is 0 Å². The number of hydrogen-bond donors (Lipinski definition) is 2. The summed E-state index contributed by atoms with van der Waals surface area (Å²) in [6, 6.07) is 4.13. The Morgan fingerprint density at radius 1 is 1.21 bits per heavy atom. The first kappa shape index (κ1) is 17.7. The van der Waals surface area contributed by atoms with Crippen LogP contribution < -0.4 is 20.1 Å². The summed E-state index contributed by atoms with van der Waals surface area (Å²) >= 11 is 0. The molecule has 2 rings (SSSR count). The topological polar surface area (TPSA) is 85.9 Å². The fraction of sp³-hybridized carbons (Fsp3) is 0.412. The van der Waals surface area contributed by atoms with Crippen LogP contribution in [0.4, 0.5) is 4.79 Å². The van der Waals surface area contributed by atoms with Gasteiger partial charge >= 0.3 is 12.0 Å². The van der Waals surface area contributed by atoms with Gasteiger partial charge in [0.2, 0.25) is 0 Å². The van der Waals surface area contributed by atoms with E-state index < -0.39 is 18.0 Å². The van der Waals surface area contributed by atoms with Crippen molar-refractivity contribution in [3.8, 4) is 11.5 Å². The number of ether oxygens (including phenoxy) is 3. The van der Waals surface area contributed by atoms with Crippen molar-refractivity contribution in [1.82, 2.24) is 10.6 Å². The number of urea groups is 1. The predicted molar refractivity (Wildman–Crippen MR) is 87.9 cm³/mol. The second kappa shape index (κ2) is 7.25. The van der Waals surface area contributed by atoms with Crippen LogP contribution in [-0.2, 0) is 9.53 Å². The summed E-state index contributed by atoms with van der Waals surface area (Å²) in [5.41, 5.74) is 1.43. The van der Waals surface area contributed by atoms with E-state index in [-0.39, 0.29) is 6.10 Å². The van der Waals surface area contributed by atoms with Crippen LogP contribution in [0.5, 0.6) is 11.5 Å². The lowest BCUT2D eigenvalue weighted by Crippen LogP contribution is -2.45. The number of methoxy groups -OCH3 is 2. The number of carbonyl (C=O) groups is 2. The van der Waals surface area contributed by atoms with Crippen molar-refractivity contribution in [1.29, 1.82) is 0 Å². The van der Waals surface area contributed by atoms with Gasteiger partial charge in [-0.15, -0.1) is 0 Å². The first-order valence-corrected chi connectivity index (χ1v) is 7.58. The van der Waals surface area contributed by atoms with Crippen molar-refractivity contribution < 1.29 is 23.8 Å². The molecule has 0 radical (unpaired) electrons. The van der Waals surface area contributed by atoms with Crippen molar-refractivity contribution in [2.45, 2.75) is 32.9 Å². The van der Waals surface area contributed by atoms with Gasteiger partial charge in [0.15, 0.2) is 0 Å². The van der Waals surface area contributed by atoms with E-state index >= 15 is 0 Å². The Labute approximate surface area is 141 Å². The first-order valence-electron chi connectivity index (χ1n) is 7.58. The lowest BCUT2D eigenvalue weighted by molar-refractivity contribution is -0.143. The molecule has 24 heavy (non-hydrogen) atoms. The minimum absolute atomic E-state index is 0.270. The molecule has 0 saturated carbocycles. The Kier molecular flexibility index (Phi) is 5.33. The Bertz CT molecular complexity index is 682. The summed E-state index contributed by atoms with van der Waals surface area (Å²) in [5, 5.41) is 5.36. The van der Waals surface area contributed by atoms with Crippen LogP contribution in [0, 0.1) is 0 Å². The third kappa shape index (κ3) is 3.61. The SMILES string of the molecule is COc1ccc([C@@H]2NC(=O)NC(C)=C2C(=O)OC(C)C)c(OC)c1. The Hall–Kier alpha value is -2.70.